The molecule has 0 fully saturated rings. The van der Waals surface area contributed by atoms with Crippen LogP contribution in [0.5, 0.6) is 0 Å². The fourth-order valence-corrected chi connectivity index (χ4v) is 4.14. The van der Waals surface area contributed by atoms with Gasteiger partial charge in [-0.05, 0) is 58.7 Å². The highest BCUT2D eigenvalue weighted by atomic mass is 79.9. The van der Waals surface area contributed by atoms with E-state index < -0.39 is 15.8 Å². The molecule has 3 nitrogen and oxygen atoms in total. The number of rotatable bonds is 3. The molecule has 0 aromatic heterocycles. The lowest BCUT2D eigenvalue weighted by molar-refractivity contribution is 0.600. The van der Waals surface area contributed by atoms with Crippen molar-refractivity contribution in [2.24, 2.45) is 0 Å². The number of hydrogen-bond donors (Lipinski definition) is 1. The van der Waals surface area contributed by atoms with Gasteiger partial charge in [0, 0.05) is 4.47 Å². The first-order valence-electron chi connectivity index (χ1n) is 5.53. The minimum Gasteiger partial charge on any atom is -0.278 e. The number of sulfonamides is 1. The van der Waals surface area contributed by atoms with Crippen LogP contribution in [0.2, 0.25) is 5.02 Å². The van der Waals surface area contributed by atoms with E-state index >= 15 is 0 Å². The molecule has 0 aliphatic rings. The molecule has 0 atom stereocenters. The predicted octanol–water partition coefficient (Wildman–Crippen LogP) is 4.35. The SMILES string of the molecule is Cc1ccc(S(=O)(=O)Nc2ccc(F)cc2Cl)c(Br)c1. The first-order valence-corrected chi connectivity index (χ1v) is 8.19. The van der Waals surface area contributed by atoms with Gasteiger partial charge < -0.3 is 0 Å². The Morgan fingerprint density at radius 1 is 1.20 bits per heavy atom. The molecular formula is C13H10BrClFNO2S. The Morgan fingerprint density at radius 2 is 1.90 bits per heavy atom. The molecule has 0 aliphatic heterocycles. The van der Waals surface area contributed by atoms with Gasteiger partial charge in [0.25, 0.3) is 10.0 Å². The van der Waals surface area contributed by atoms with Gasteiger partial charge in [-0.3, -0.25) is 4.72 Å². The highest BCUT2D eigenvalue weighted by Gasteiger charge is 2.19. The smallest absolute Gasteiger partial charge is 0.263 e. The average Bonchev–Trinajstić information content (AvgIpc) is 2.32. The number of hydrogen-bond acceptors (Lipinski definition) is 2. The monoisotopic (exact) mass is 377 g/mol. The zero-order valence-corrected chi connectivity index (χ0v) is 13.5. The molecule has 0 unspecified atom stereocenters. The van der Waals surface area contributed by atoms with Gasteiger partial charge in [-0.2, -0.15) is 0 Å². The van der Waals surface area contributed by atoms with Crippen LogP contribution in [0.4, 0.5) is 10.1 Å². The van der Waals surface area contributed by atoms with Gasteiger partial charge in [-0.1, -0.05) is 17.7 Å². The van der Waals surface area contributed by atoms with E-state index in [4.69, 9.17) is 11.6 Å². The lowest BCUT2D eigenvalue weighted by atomic mass is 10.2. The number of benzene rings is 2. The molecule has 0 spiro atoms. The molecule has 0 heterocycles. The second kappa shape index (κ2) is 5.71. The zero-order valence-electron chi connectivity index (χ0n) is 10.3. The molecule has 1 N–H and O–H groups in total. The minimum atomic E-state index is -3.80. The Labute approximate surface area is 130 Å². The van der Waals surface area contributed by atoms with Gasteiger partial charge in [-0.25, -0.2) is 12.8 Å². The number of anilines is 1. The number of aryl methyl sites for hydroxylation is 1. The third kappa shape index (κ3) is 3.31. The van der Waals surface area contributed by atoms with Gasteiger partial charge in [0.1, 0.15) is 10.7 Å². The fraction of sp³-hybridized carbons (Fsp3) is 0.0769. The maximum atomic E-state index is 12.9. The Balaban J connectivity index is 2.41. The normalized spacial score (nSPS) is 11.4. The lowest BCUT2D eigenvalue weighted by Crippen LogP contribution is -2.14. The molecule has 0 amide bonds. The summed E-state index contributed by atoms with van der Waals surface area (Å²) in [4.78, 5) is 0.0866. The summed E-state index contributed by atoms with van der Waals surface area (Å²) in [5, 5.41) is -0.00295. The van der Waals surface area contributed by atoms with Gasteiger partial charge in [0.15, 0.2) is 0 Å². The maximum Gasteiger partial charge on any atom is 0.263 e. The van der Waals surface area contributed by atoms with Crippen LogP contribution < -0.4 is 4.72 Å². The highest BCUT2D eigenvalue weighted by molar-refractivity contribution is 9.10. The van der Waals surface area contributed by atoms with E-state index in [2.05, 4.69) is 20.7 Å². The molecule has 0 aliphatic carbocycles. The van der Waals surface area contributed by atoms with E-state index in [0.717, 1.165) is 17.7 Å². The van der Waals surface area contributed by atoms with E-state index in [1.165, 1.54) is 12.1 Å². The summed E-state index contributed by atoms with van der Waals surface area (Å²) in [5.41, 5.74) is 1.05. The van der Waals surface area contributed by atoms with Gasteiger partial charge in [0.2, 0.25) is 0 Å². The molecule has 2 aromatic carbocycles. The van der Waals surface area contributed by atoms with Crippen molar-refractivity contribution in [1.29, 1.82) is 0 Å². The van der Waals surface area contributed by atoms with Crippen molar-refractivity contribution in [2.75, 3.05) is 4.72 Å². The molecule has 7 heteroatoms. The van der Waals surface area contributed by atoms with Crippen molar-refractivity contribution in [3.8, 4) is 0 Å². The molecule has 106 valence electrons. The van der Waals surface area contributed by atoms with Crippen LogP contribution in [-0.2, 0) is 10.0 Å². The fourth-order valence-electron chi connectivity index (χ4n) is 1.60. The molecule has 2 rings (SSSR count). The summed E-state index contributed by atoms with van der Waals surface area (Å²) >= 11 is 9.02. The molecular weight excluding hydrogens is 369 g/mol. The van der Waals surface area contributed by atoms with Gasteiger partial charge in [-0.15, -0.1) is 0 Å². The van der Waals surface area contributed by atoms with Crippen LogP contribution in [0.15, 0.2) is 45.8 Å². The van der Waals surface area contributed by atoms with E-state index in [0.29, 0.717) is 4.47 Å². The van der Waals surface area contributed by atoms with Crippen molar-refractivity contribution in [1.82, 2.24) is 0 Å². The first kappa shape index (κ1) is 15.3. The van der Waals surface area contributed by atoms with E-state index in [9.17, 15) is 12.8 Å². The Hall–Kier alpha value is -1.11. The molecule has 2 aromatic rings. The molecule has 20 heavy (non-hydrogen) atoms. The summed E-state index contributed by atoms with van der Waals surface area (Å²) in [6.07, 6.45) is 0. The summed E-state index contributed by atoms with van der Waals surface area (Å²) in [6, 6.07) is 8.32. The average molecular weight is 379 g/mol. The van der Waals surface area contributed by atoms with Crippen molar-refractivity contribution in [2.45, 2.75) is 11.8 Å². The molecule has 0 saturated carbocycles. The van der Waals surface area contributed by atoms with Crippen molar-refractivity contribution in [3.05, 3.63) is 57.3 Å². The van der Waals surface area contributed by atoms with E-state index in [1.54, 1.807) is 12.1 Å². The predicted molar refractivity (Wildman–Crippen MR) is 81.1 cm³/mol. The standard InChI is InChI=1S/C13H10BrClFNO2S/c1-8-2-5-13(10(14)6-8)20(18,19)17-12-4-3-9(16)7-11(12)15/h2-7,17H,1H3. The second-order valence-electron chi connectivity index (χ2n) is 4.16. The van der Waals surface area contributed by atoms with Crippen LogP contribution in [-0.4, -0.2) is 8.42 Å². The van der Waals surface area contributed by atoms with Gasteiger partial charge >= 0.3 is 0 Å². The van der Waals surface area contributed by atoms with Crippen LogP contribution in [0.25, 0.3) is 0 Å². The van der Waals surface area contributed by atoms with Crippen LogP contribution in [0.1, 0.15) is 5.56 Å². The lowest BCUT2D eigenvalue weighted by Gasteiger charge is -2.11. The summed E-state index contributed by atoms with van der Waals surface area (Å²) in [5.74, 6) is -0.533. The van der Waals surface area contributed by atoms with Crippen molar-refractivity contribution < 1.29 is 12.8 Å². The maximum absolute atomic E-state index is 12.9. The topological polar surface area (TPSA) is 46.2 Å². The summed E-state index contributed by atoms with van der Waals surface area (Å²) in [6.45, 7) is 1.85. The number of nitrogens with one attached hydrogen (secondary N) is 1. The summed E-state index contributed by atoms with van der Waals surface area (Å²) < 4.78 is 40.3. The second-order valence-corrected chi connectivity index (χ2v) is 7.08. The van der Waals surface area contributed by atoms with E-state index in [1.807, 2.05) is 6.92 Å². The van der Waals surface area contributed by atoms with E-state index in [-0.39, 0.29) is 15.6 Å². The quantitative estimate of drug-likeness (QED) is 0.863. The van der Waals surface area contributed by atoms with Crippen molar-refractivity contribution in [3.63, 3.8) is 0 Å². The third-order valence-corrected chi connectivity index (χ3v) is 5.21. The van der Waals surface area contributed by atoms with Crippen LogP contribution >= 0.6 is 27.5 Å². The third-order valence-electron chi connectivity index (χ3n) is 2.55. The van der Waals surface area contributed by atoms with Crippen molar-refractivity contribution >= 4 is 43.2 Å². The summed E-state index contributed by atoms with van der Waals surface area (Å²) in [7, 11) is -3.80. The Bertz CT molecular complexity index is 765. The minimum absolute atomic E-state index is 0.00295. The largest absolute Gasteiger partial charge is 0.278 e. The van der Waals surface area contributed by atoms with Crippen LogP contribution in [0.3, 0.4) is 0 Å². The highest BCUT2D eigenvalue weighted by Crippen LogP contribution is 2.28. The van der Waals surface area contributed by atoms with Crippen LogP contribution in [0, 0.1) is 12.7 Å². The molecule has 0 saturated heterocycles. The molecule has 0 radical (unpaired) electrons. The zero-order chi connectivity index (χ0) is 14.9. The first-order chi connectivity index (χ1) is 9.29. The Kier molecular flexibility index (Phi) is 4.36. The Morgan fingerprint density at radius 3 is 2.50 bits per heavy atom. The van der Waals surface area contributed by atoms with Gasteiger partial charge in [0.05, 0.1) is 10.7 Å². The molecule has 0 bridgehead atoms. The number of halogens is 3.